The molecule has 1 N–H and O–H groups in total. The number of hydrogen-bond donors (Lipinski definition) is 1. The van der Waals surface area contributed by atoms with E-state index in [9.17, 15) is 0 Å². The zero-order valence-electron chi connectivity index (χ0n) is 12.5. The van der Waals surface area contributed by atoms with E-state index in [4.69, 9.17) is 11.6 Å². The summed E-state index contributed by atoms with van der Waals surface area (Å²) in [6.07, 6.45) is 7.82. The summed E-state index contributed by atoms with van der Waals surface area (Å²) in [5.41, 5.74) is 1.66. The maximum atomic E-state index is 6.40. The highest BCUT2D eigenvalue weighted by Gasteiger charge is 2.35. The van der Waals surface area contributed by atoms with Gasteiger partial charge in [0.25, 0.3) is 0 Å². The lowest BCUT2D eigenvalue weighted by atomic mass is 9.69. The average Bonchev–Trinajstić information content (AvgIpc) is 2.42. The second kappa shape index (κ2) is 7.29. The highest BCUT2D eigenvalue weighted by molar-refractivity contribution is 9.10. The van der Waals surface area contributed by atoms with Crippen molar-refractivity contribution < 1.29 is 0 Å². The Morgan fingerprint density at radius 2 is 2.00 bits per heavy atom. The lowest BCUT2D eigenvalue weighted by Crippen LogP contribution is -2.46. The van der Waals surface area contributed by atoms with Crippen LogP contribution in [0.1, 0.15) is 51.5 Å². The molecule has 1 fully saturated rings. The zero-order chi connectivity index (χ0) is 14.6. The largest absolute Gasteiger partial charge is 0.313 e. The van der Waals surface area contributed by atoms with Crippen molar-refractivity contribution in [2.24, 2.45) is 5.41 Å². The van der Waals surface area contributed by atoms with Crippen molar-refractivity contribution in [3.05, 3.63) is 33.3 Å². The molecule has 2 rings (SSSR count). The molecule has 1 nitrogen and oxygen atoms in total. The highest BCUT2D eigenvalue weighted by Crippen LogP contribution is 2.40. The highest BCUT2D eigenvalue weighted by atomic mass is 79.9. The van der Waals surface area contributed by atoms with Crippen LogP contribution in [0.2, 0.25) is 5.02 Å². The van der Waals surface area contributed by atoms with Crippen molar-refractivity contribution >= 4 is 27.5 Å². The van der Waals surface area contributed by atoms with Crippen LogP contribution < -0.4 is 5.32 Å². The first kappa shape index (κ1) is 16.3. The Morgan fingerprint density at radius 3 is 2.60 bits per heavy atom. The fourth-order valence-electron chi connectivity index (χ4n) is 3.43. The third-order valence-electron chi connectivity index (χ3n) is 4.73. The molecular formula is C17H25BrClN. The second-order valence-electron chi connectivity index (χ2n) is 6.26. The minimum absolute atomic E-state index is 0.407. The van der Waals surface area contributed by atoms with Crippen molar-refractivity contribution in [3.63, 3.8) is 0 Å². The van der Waals surface area contributed by atoms with E-state index in [1.807, 2.05) is 6.07 Å². The maximum Gasteiger partial charge on any atom is 0.0449 e. The van der Waals surface area contributed by atoms with E-state index >= 15 is 0 Å². The molecule has 0 saturated heterocycles. The van der Waals surface area contributed by atoms with Gasteiger partial charge in [0.05, 0.1) is 0 Å². The van der Waals surface area contributed by atoms with Gasteiger partial charge >= 0.3 is 0 Å². The summed E-state index contributed by atoms with van der Waals surface area (Å²) < 4.78 is 1.05. The van der Waals surface area contributed by atoms with Crippen molar-refractivity contribution in [2.75, 3.05) is 6.54 Å². The van der Waals surface area contributed by atoms with Crippen LogP contribution in [0.25, 0.3) is 0 Å². The minimum atomic E-state index is 0.407. The van der Waals surface area contributed by atoms with E-state index in [-0.39, 0.29) is 0 Å². The van der Waals surface area contributed by atoms with E-state index in [2.05, 4.69) is 47.2 Å². The molecule has 1 aliphatic rings. The van der Waals surface area contributed by atoms with Gasteiger partial charge in [0.15, 0.2) is 0 Å². The molecule has 1 aromatic rings. The molecule has 1 saturated carbocycles. The molecule has 0 heterocycles. The molecule has 1 unspecified atom stereocenters. The Morgan fingerprint density at radius 1 is 1.30 bits per heavy atom. The topological polar surface area (TPSA) is 12.0 Å². The molecular weight excluding hydrogens is 334 g/mol. The molecule has 0 bridgehead atoms. The molecule has 1 atom stereocenters. The number of nitrogens with one attached hydrogen (secondary N) is 1. The molecule has 0 radical (unpaired) electrons. The van der Waals surface area contributed by atoms with E-state index in [1.165, 1.54) is 37.7 Å². The Hall–Kier alpha value is -0.0500. The Balaban J connectivity index is 2.16. The summed E-state index contributed by atoms with van der Waals surface area (Å²) in [7, 11) is 0. The summed E-state index contributed by atoms with van der Waals surface area (Å²) >= 11 is 9.88. The number of rotatable bonds is 5. The fraction of sp³-hybridized carbons (Fsp3) is 0.647. The van der Waals surface area contributed by atoms with Crippen molar-refractivity contribution in [1.29, 1.82) is 0 Å². The third kappa shape index (κ3) is 3.99. The molecule has 1 aliphatic carbocycles. The molecule has 0 amide bonds. The number of halogens is 2. The maximum absolute atomic E-state index is 6.40. The van der Waals surface area contributed by atoms with E-state index in [1.54, 1.807) is 0 Å². The fourth-order valence-corrected chi connectivity index (χ4v) is 4.18. The number of hydrogen-bond acceptors (Lipinski definition) is 1. The SMILES string of the molecule is CCNC(Cc1ccc(Br)cc1Cl)C1(C)CCCCC1. The first-order valence-corrected chi connectivity index (χ1v) is 8.89. The monoisotopic (exact) mass is 357 g/mol. The van der Waals surface area contributed by atoms with Crippen LogP contribution in [0.15, 0.2) is 22.7 Å². The predicted octanol–water partition coefficient (Wildman–Crippen LogP) is 5.59. The number of benzene rings is 1. The summed E-state index contributed by atoms with van der Waals surface area (Å²) in [4.78, 5) is 0. The Bertz CT molecular complexity index is 441. The lowest BCUT2D eigenvalue weighted by molar-refractivity contribution is 0.145. The Kier molecular flexibility index (Phi) is 5.95. The first-order valence-electron chi connectivity index (χ1n) is 7.72. The van der Waals surface area contributed by atoms with Crippen LogP contribution in [0.3, 0.4) is 0 Å². The molecule has 0 spiro atoms. The van der Waals surface area contributed by atoms with Crippen molar-refractivity contribution in [2.45, 2.75) is 58.4 Å². The normalized spacial score (nSPS) is 19.8. The molecule has 0 aliphatic heterocycles. The van der Waals surface area contributed by atoms with Gasteiger partial charge in [-0.3, -0.25) is 0 Å². The van der Waals surface area contributed by atoms with Crippen LogP contribution in [0, 0.1) is 5.41 Å². The van der Waals surface area contributed by atoms with Crippen molar-refractivity contribution in [1.82, 2.24) is 5.32 Å². The van der Waals surface area contributed by atoms with E-state index in [0.29, 0.717) is 11.5 Å². The molecule has 20 heavy (non-hydrogen) atoms. The lowest BCUT2D eigenvalue weighted by Gasteiger charge is -2.41. The van der Waals surface area contributed by atoms with Crippen LogP contribution in [0.4, 0.5) is 0 Å². The first-order chi connectivity index (χ1) is 9.55. The van der Waals surface area contributed by atoms with Gasteiger partial charge < -0.3 is 5.32 Å². The molecule has 0 aromatic heterocycles. The molecule has 1 aromatic carbocycles. The van der Waals surface area contributed by atoms with Crippen LogP contribution >= 0.6 is 27.5 Å². The third-order valence-corrected chi connectivity index (χ3v) is 5.57. The zero-order valence-corrected chi connectivity index (χ0v) is 14.9. The van der Waals surface area contributed by atoms with E-state index < -0.39 is 0 Å². The van der Waals surface area contributed by atoms with Gasteiger partial charge in [0.1, 0.15) is 0 Å². The minimum Gasteiger partial charge on any atom is -0.313 e. The standard InChI is InChI=1S/C17H25BrClN/c1-3-20-16(17(2)9-5-4-6-10-17)11-13-7-8-14(18)12-15(13)19/h7-8,12,16,20H,3-6,9-11H2,1-2H3. The summed E-state index contributed by atoms with van der Waals surface area (Å²) in [6.45, 7) is 5.67. The smallest absolute Gasteiger partial charge is 0.0449 e. The van der Waals surface area contributed by atoms with Gasteiger partial charge in [0, 0.05) is 15.5 Å². The summed E-state index contributed by atoms with van der Waals surface area (Å²) in [5, 5.41) is 4.59. The van der Waals surface area contributed by atoms with Gasteiger partial charge in [-0.25, -0.2) is 0 Å². The van der Waals surface area contributed by atoms with E-state index in [0.717, 1.165) is 22.5 Å². The van der Waals surface area contributed by atoms with Crippen LogP contribution in [-0.4, -0.2) is 12.6 Å². The Labute approximate surface area is 136 Å². The quantitative estimate of drug-likeness (QED) is 0.723. The molecule has 112 valence electrons. The second-order valence-corrected chi connectivity index (χ2v) is 7.59. The van der Waals surface area contributed by atoms with Gasteiger partial charge in [-0.1, -0.05) is 66.7 Å². The van der Waals surface area contributed by atoms with Crippen LogP contribution in [0.5, 0.6) is 0 Å². The van der Waals surface area contributed by atoms with Gasteiger partial charge in [-0.2, -0.15) is 0 Å². The van der Waals surface area contributed by atoms with Gasteiger partial charge in [-0.15, -0.1) is 0 Å². The summed E-state index contributed by atoms with van der Waals surface area (Å²) in [6, 6.07) is 6.77. The van der Waals surface area contributed by atoms with Crippen molar-refractivity contribution in [3.8, 4) is 0 Å². The number of likely N-dealkylation sites (N-methyl/N-ethyl adjacent to an activating group) is 1. The van der Waals surface area contributed by atoms with Crippen LogP contribution in [-0.2, 0) is 6.42 Å². The predicted molar refractivity (Wildman–Crippen MR) is 91.5 cm³/mol. The summed E-state index contributed by atoms with van der Waals surface area (Å²) in [5.74, 6) is 0. The average molecular weight is 359 g/mol. The van der Waals surface area contributed by atoms with Gasteiger partial charge in [-0.05, 0) is 48.9 Å². The molecule has 3 heteroatoms. The van der Waals surface area contributed by atoms with Gasteiger partial charge in [0.2, 0.25) is 0 Å².